The summed E-state index contributed by atoms with van der Waals surface area (Å²) in [7, 11) is 0. The number of carbonyl (C=O) groups is 2. The van der Waals surface area contributed by atoms with E-state index in [0.717, 1.165) is 28.8 Å². The van der Waals surface area contributed by atoms with Crippen molar-refractivity contribution in [3.05, 3.63) is 29.6 Å². The Morgan fingerprint density at radius 2 is 1.92 bits per heavy atom. The number of nitrogens with one attached hydrogen (secondary N) is 2. The zero-order valence-corrected chi connectivity index (χ0v) is 14.8. The van der Waals surface area contributed by atoms with Crippen molar-refractivity contribution in [1.29, 1.82) is 0 Å². The maximum absolute atomic E-state index is 12.5. The van der Waals surface area contributed by atoms with E-state index in [2.05, 4.69) is 15.3 Å². The number of urea groups is 1. The average Bonchev–Trinajstić information content (AvgIpc) is 2.99. The van der Waals surface area contributed by atoms with Crippen molar-refractivity contribution in [2.24, 2.45) is 0 Å². The van der Waals surface area contributed by atoms with E-state index in [1.165, 1.54) is 0 Å². The SMILES string of the molecule is CCCNC(=O)N1CCN(C(=O)Cc2ccc3nc(C)[nH]c3c2)CC1. The van der Waals surface area contributed by atoms with Crippen LogP contribution in [0.2, 0.25) is 0 Å². The Morgan fingerprint density at radius 3 is 2.64 bits per heavy atom. The van der Waals surface area contributed by atoms with Crippen molar-refractivity contribution in [2.45, 2.75) is 26.7 Å². The van der Waals surface area contributed by atoms with Crippen LogP contribution in [0.25, 0.3) is 11.0 Å². The number of H-pyrrole nitrogens is 1. The molecule has 0 radical (unpaired) electrons. The van der Waals surface area contributed by atoms with Crippen LogP contribution in [-0.4, -0.2) is 64.4 Å². The number of nitrogens with zero attached hydrogens (tertiary/aromatic N) is 3. The minimum Gasteiger partial charge on any atom is -0.342 e. The quantitative estimate of drug-likeness (QED) is 0.886. The van der Waals surface area contributed by atoms with E-state index in [4.69, 9.17) is 0 Å². The van der Waals surface area contributed by atoms with E-state index in [-0.39, 0.29) is 11.9 Å². The van der Waals surface area contributed by atoms with Crippen LogP contribution in [0.4, 0.5) is 4.79 Å². The molecule has 1 aromatic heterocycles. The molecule has 134 valence electrons. The van der Waals surface area contributed by atoms with Crippen LogP contribution in [0, 0.1) is 6.92 Å². The van der Waals surface area contributed by atoms with Crippen molar-refractivity contribution in [1.82, 2.24) is 25.1 Å². The van der Waals surface area contributed by atoms with Crippen molar-refractivity contribution < 1.29 is 9.59 Å². The number of aromatic nitrogens is 2. The van der Waals surface area contributed by atoms with Gasteiger partial charge in [0.05, 0.1) is 17.5 Å². The molecule has 2 N–H and O–H groups in total. The van der Waals surface area contributed by atoms with E-state index in [9.17, 15) is 9.59 Å². The molecule has 0 unspecified atom stereocenters. The first-order valence-electron chi connectivity index (χ1n) is 8.82. The molecule has 1 fully saturated rings. The molecule has 2 aromatic rings. The molecule has 1 aromatic carbocycles. The number of fused-ring (bicyclic) bond motifs is 1. The number of carbonyl (C=O) groups excluding carboxylic acids is 2. The van der Waals surface area contributed by atoms with Crippen LogP contribution in [-0.2, 0) is 11.2 Å². The fourth-order valence-corrected chi connectivity index (χ4v) is 3.08. The smallest absolute Gasteiger partial charge is 0.317 e. The first-order valence-corrected chi connectivity index (χ1v) is 8.82. The molecule has 0 saturated carbocycles. The minimum atomic E-state index is -0.0333. The number of aromatic amines is 1. The van der Waals surface area contributed by atoms with E-state index in [1.54, 1.807) is 4.90 Å². The van der Waals surface area contributed by atoms with E-state index in [1.807, 2.05) is 36.9 Å². The fourth-order valence-electron chi connectivity index (χ4n) is 3.08. The number of hydrogen-bond donors (Lipinski definition) is 2. The van der Waals surface area contributed by atoms with Crippen LogP contribution in [0.5, 0.6) is 0 Å². The molecule has 1 saturated heterocycles. The molecular weight excluding hydrogens is 318 g/mol. The normalized spacial score (nSPS) is 14.8. The van der Waals surface area contributed by atoms with Crippen LogP contribution in [0.3, 0.4) is 0 Å². The lowest BCUT2D eigenvalue weighted by molar-refractivity contribution is -0.131. The zero-order valence-electron chi connectivity index (χ0n) is 14.8. The Hall–Kier alpha value is -2.57. The van der Waals surface area contributed by atoms with Gasteiger partial charge in [-0.05, 0) is 31.0 Å². The first kappa shape index (κ1) is 17.3. The van der Waals surface area contributed by atoms with Gasteiger partial charge < -0.3 is 20.1 Å². The summed E-state index contributed by atoms with van der Waals surface area (Å²) in [5.74, 6) is 0.972. The van der Waals surface area contributed by atoms with Gasteiger partial charge in [-0.25, -0.2) is 9.78 Å². The van der Waals surface area contributed by atoms with Gasteiger partial charge in [0.25, 0.3) is 0 Å². The summed E-state index contributed by atoms with van der Waals surface area (Å²) in [6, 6.07) is 5.85. The summed E-state index contributed by atoms with van der Waals surface area (Å²) >= 11 is 0. The third kappa shape index (κ3) is 4.10. The fraction of sp³-hybridized carbons (Fsp3) is 0.500. The molecule has 0 atom stereocenters. The zero-order chi connectivity index (χ0) is 17.8. The highest BCUT2D eigenvalue weighted by Crippen LogP contribution is 2.15. The Morgan fingerprint density at radius 1 is 1.20 bits per heavy atom. The monoisotopic (exact) mass is 343 g/mol. The molecule has 1 aliphatic heterocycles. The van der Waals surface area contributed by atoms with Crippen molar-refractivity contribution in [3.8, 4) is 0 Å². The number of rotatable bonds is 4. The maximum atomic E-state index is 12.5. The molecule has 0 aliphatic carbocycles. The number of piperazine rings is 1. The second-order valence-electron chi connectivity index (χ2n) is 6.45. The summed E-state index contributed by atoms with van der Waals surface area (Å²) < 4.78 is 0. The topological polar surface area (TPSA) is 81.3 Å². The van der Waals surface area contributed by atoms with Crippen LogP contribution in [0.1, 0.15) is 24.7 Å². The molecule has 3 rings (SSSR count). The second-order valence-corrected chi connectivity index (χ2v) is 6.45. The number of aryl methyl sites for hydroxylation is 1. The summed E-state index contributed by atoms with van der Waals surface area (Å²) in [5, 5.41) is 2.88. The van der Waals surface area contributed by atoms with Crippen LogP contribution >= 0.6 is 0 Å². The highest BCUT2D eigenvalue weighted by Gasteiger charge is 2.23. The number of benzene rings is 1. The Bertz CT molecular complexity index is 762. The molecule has 7 nitrogen and oxygen atoms in total. The van der Waals surface area contributed by atoms with Gasteiger partial charge in [0.15, 0.2) is 0 Å². The first-order chi connectivity index (χ1) is 12.1. The van der Waals surface area contributed by atoms with Gasteiger partial charge in [0.1, 0.15) is 5.82 Å². The van der Waals surface area contributed by atoms with E-state index in [0.29, 0.717) is 39.1 Å². The van der Waals surface area contributed by atoms with Gasteiger partial charge >= 0.3 is 6.03 Å². The lowest BCUT2D eigenvalue weighted by atomic mass is 10.1. The van der Waals surface area contributed by atoms with E-state index >= 15 is 0 Å². The van der Waals surface area contributed by atoms with Crippen LogP contribution in [0.15, 0.2) is 18.2 Å². The summed E-state index contributed by atoms with van der Waals surface area (Å²) in [4.78, 5) is 35.7. The molecule has 7 heteroatoms. The molecule has 0 bridgehead atoms. The molecule has 2 heterocycles. The molecule has 3 amide bonds. The van der Waals surface area contributed by atoms with Gasteiger partial charge in [-0.1, -0.05) is 13.0 Å². The summed E-state index contributed by atoms with van der Waals surface area (Å²) in [5.41, 5.74) is 2.85. The predicted molar refractivity (Wildman–Crippen MR) is 96.4 cm³/mol. The maximum Gasteiger partial charge on any atom is 0.317 e. The lowest BCUT2D eigenvalue weighted by Crippen LogP contribution is -2.53. The summed E-state index contributed by atoms with van der Waals surface area (Å²) in [6.07, 6.45) is 1.29. The molecule has 25 heavy (non-hydrogen) atoms. The van der Waals surface area contributed by atoms with Gasteiger partial charge in [-0.2, -0.15) is 0 Å². The van der Waals surface area contributed by atoms with Gasteiger partial charge in [-0.15, -0.1) is 0 Å². The number of imidazole rings is 1. The van der Waals surface area contributed by atoms with E-state index < -0.39 is 0 Å². The van der Waals surface area contributed by atoms with Crippen molar-refractivity contribution in [2.75, 3.05) is 32.7 Å². The summed E-state index contributed by atoms with van der Waals surface area (Å²) in [6.45, 7) is 6.97. The highest BCUT2D eigenvalue weighted by molar-refractivity contribution is 5.82. The van der Waals surface area contributed by atoms with Gasteiger partial charge in [0.2, 0.25) is 5.91 Å². The second kappa shape index (κ2) is 7.55. The molecular formula is C18H25N5O2. The third-order valence-electron chi connectivity index (χ3n) is 4.47. The van der Waals surface area contributed by atoms with Crippen molar-refractivity contribution in [3.63, 3.8) is 0 Å². The standard InChI is InChI=1S/C18H25N5O2/c1-3-6-19-18(25)23-9-7-22(8-10-23)17(24)12-14-4-5-15-16(11-14)21-13(2)20-15/h4-5,11H,3,6-10,12H2,1-2H3,(H,19,25)(H,20,21). The third-order valence-corrected chi connectivity index (χ3v) is 4.47. The number of amides is 3. The molecule has 1 aliphatic rings. The van der Waals surface area contributed by atoms with Gasteiger partial charge in [0, 0.05) is 32.7 Å². The van der Waals surface area contributed by atoms with Crippen LogP contribution < -0.4 is 5.32 Å². The van der Waals surface area contributed by atoms with Crippen molar-refractivity contribution >= 4 is 23.0 Å². The largest absolute Gasteiger partial charge is 0.342 e. The Balaban J connectivity index is 1.54. The lowest BCUT2D eigenvalue weighted by Gasteiger charge is -2.34. The van der Waals surface area contributed by atoms with Gasteiger partial charge in [-0.3, -0.25) is 4.79 Å². The highest BCUT2D eigenvalue weighted by atomic mass is 16.2. The Kier molecular flexibility index (Phi) is 5.21. The minimum absolute atomic E-state index is 0.0333. The number of hydrogen-bond acceptors (Lipinski definition) is 3. The predicted octanol–water partition coefficient (Wildman–Crippen LogP) is 1.68. The average molecular weight is 343 g/mol. The molecule has 0 spiro atoms. The Labute approximate surface area is 147 Å².